The van der Waals surface area contributed by atoms with E-state index >= 15 is 0 Å². The van der Waals surface area contributed by atoms with Crippen molar-refractivity contribution in [3.05, 3.63) is 0 Å². The smallest absolute Gasteiger partial charge is 0.178 e. The van der Waals surface area contributed by atoms with Crippen LogP contribution in [0.25, 0.3) is 0 Å². The zero-order chi connectivity index (χ0) is 7.84. The first-order chi connectivity index (χ1) is 5.31. The molecule has 62 valence electrons. The normalized spacial score (nSPS) is 43.1. The van der Waals surface area contributed by atoms with E-state index in [0.29, 0.717) is 13.1 Å². The van der Waals surface area contributed by atoms with Crippen molar-refractivity contribution in [3.63, 3.8) is 0 Å². The predicted octanol–water partition coefficient (Wildman–Crippen LogP) is -0.455. The first-order valence-electron chi connectivity index (χ1n) is 4.25. The average Bonchev–Trinajstić information content (AvgIpc) is 2.76. The van der Waals surface area contributed by atoms with Gasteiger partial charge in [-0.15, -0.1) is 0 Å². The summed E-state index contributed by atoms with van der Waals surface area (Å²) in [7, 11) is 0. The van der Waals surface area contributed by atoms with Crippen molar-refractivity contribution in [2.75, 3.05) is 6.61 Å². The number of aliphatic hydroxyl groups is 2. The van der Waals surface area contributed by atoms with Gasteiger partial charge in [0.25, 0.3) is 0 Å². The Bertz CT molecular complexity index is 149. The summed E-state index contributed by atoms with van der Waals surface area (Å²) >= 11 is 0. The highest BCUT2D eigenvalue weighted by Gasteiger charge is 2.45. The van der Waals surface area contributed by atoms with E-state index in [1.165, 1.54) is 12.6 Å². The fourth-order valence-electron chi connectivity index (χ4n) is 1.74. The minimum absolute atomic E-state index is 0.0205. The molecule has 0 aliphatic carbocycles. The molecule has 2 aliphatic heterocycles. The van der Waals surface area contributed by atoms with Crippen molar-refractivity contribution in [2.45, 2.75) is 37.3 Å². The van der Waals surface area contributed by atoms with Gasteiger partial charge in [-0.2, -0.15) is 0 Å². The van der Waals surface area contributed by atoms with Crippen LogP contribution in [-0.4, -0.2) is 41.7 Å². The van der Waals surface area contributed by atoms with E-state index in [4.69, 9.17) is 9.84 Å². The van der Waals surface area contributed by atoms with Gasteiger partial charge in [-0.05, 0) is 0 Å². The molecule has 0 saturated carbocycles. The first kappa shape index (κ1) is 7.59. The number of hydrogen-bond donors (Lipinski definition) is 2. The van der Waals surface area contributed by atoms with Crippen LogP contribution in [0.2, 0.25) is 12.6 Å². The van der Waals surface area contributed by atoms with E-state index in [1.54, 1.807) is 0 Å². The van der Waals surface area contributed by atoms with Gasteiger partial charge < -0.3 is 14.9 Å². The zero-order valence-corrected chi connectivity index (χ0v) is 6.44. The van der Waals surface area contributed by atoms with Crippen LogP contribution in [0, 0.1) is 0 Å². The summed E-state index contributed by atoms with van der Waals surface area (Å²) in [5.41, 5.74) is 0. The van der Waals surface area contributed by atoms with E-state index in [2.05, 4.69) is 0 Å². The summed E-state index contributed by atoms with van der Waals surface area (Å²) in [4.78, 5) is 0. The maximum Gasteiger partial charge on any atom is 0.178 e. The van der Waals surface area contributed by atoms with Crippen LogP contribution >= 0.6 is 0 Å². The van der Waals surface area contributed by atoms with Crippen molar-refractivity contribution < 1.29 is 14.9 Å². The molecule has 0 aromatic carbocycles. The van der Waals surface area contributed by atoms with Crippen molar-refractivity contribution in [2.24, 2.45) is 0 Å². The van der Waals surface area contributed by atoms with Gasteiger partial charge in [0.2, 0.25) is 0 Å². The Labute approximate surface area is 66.4 Å². The highest BCUT2D eigenvalue weighted by Crippen LogP contribution is 2.34. The van der Waals surface area contributed by atoms with Crippen LogP contribution in [0.3, 0.4) is 0 Å². The summed E-state index contributed by atoms with van der Waals surface area (Å²) in [5, 5.41) is 18.2. The van der Waals surface area contributed by atoms with E-state index in [0.717, 1.165) is 0 Å². The fraction of sp³-hybridized carbons (Fsp3) is 1.00. The van der Waals surface area contributed by atoms with Gasteiger partial charge in [0.1, 0.15) is 0 Å². The van der Waals surface area contributed by atoms with Gasteiger partial charge in [-0.25, -0.2) is 0 Å². The van der Waals surface area contributed by atoms with Crippen molar-refractivity contribution in [1.82, 2.24) is 0 Å². The van der Waals surface area contributed by atoms with Gasteiger partial charge in [0.05, 0.1) is 24.8 Å². The lowest BCUT2D eigenvalue weighted by molar-refractivity contribution is 0.0286. The second-order valence-electron chi connectivity index (χ2n) is 3.55. The summed E-state index contributed by atoms with van der Waals surface area (Å²) in [6.45, 7) is 0.613. The molecule has 3 nitrogen and oxygen atoms in total. The minimum Gasteiger partial charge on any atom is -0.394 e. The second-order valence-corrected chi connectivity index (χ2v) is 3.55. The Morgan fingerprint density at radius 3 is 2.64 bits per heavy atom. The lowest BCUT2D eigenvalue weighted by Gasteiger charge is -2.11. The Balaban J connectivity index is 1.90. The minimum atomic E-state index is -0.334. The molecule has 3 atom stereocenters. The molecule has 4 heteroatoms. The van der Waals surface area contributed by atoms with Crippen LogP contribution in [-0.2, 0) is 4.74 Å². The van der Waals surface area contributed by atoms with Crippen molar-refractivity contribution in [3.8, 4) is 0 Å². The van der Waals surface area contributed by atoms with Gasteiger partial charge in [0, 0.05) is 6.42 Å². The van der Waals surface area contributed by atoms with E-state index in [-0.39, 0.29) is 24.8 Å². The molecule has 2 heterocycles. The summed E-state index contributed by atoms with van der Waals surface area (Å²) in [6, 6.07) is 0.0205. The Hall–Kier alpha value is -0.0551. The quantitative estimate of drug-likeness (QED) is 0.532. The number of rotatable bonds is 2. The molecule has 0 bridgehead atoms. The van der Waals surface area contributed by atoms with Crippen LogP contribution < -0.4 is 0 Å². The summed E-state index contributed by atoms with van der Waals surface area (Å²) in [5.74, 6) is 0. The molecule has 0 aromatic heterocycles. The third kappa shape index (κ3) is 1.43. The van der Waals surface area contributed by atoms with Crippen LogP contribution in [0.4, 0.5) is 0 Å². The second kappa shape index (κ2) is 2.77. The molecular weight excluding hydrogens is 143 g/mol. The van der Waals surface area contributed by atoms with Gasteiger partial charge in [0.15, 0.2) is 6.71 Å². The maximum atomic E-state index is 9.46. The molecule has 2 aliphatic rings. The predicted molar refractivity (Wildman–Crippen MR) is 41.7 cm³/mol. The molecule has 2 N–H and O–H groups in total. The Morgan fingerprint density at radius 1 is 1.45 bits per heavy atom. The molecule has 2 fully saturated rings. The highest BCUT2D eigenvalue weighted by molar-refractivity contribution is 6.71. The lowest BCUT2D eigenvalue weighted by Crippen LogP contribution is -2.28. The first-order valence-corrected chi connectivity index (χ1v) is 4.25. The fourth-order valence-corrected chi connectivity index (χ4v) is 1.74. The molecule has 11 heavy (non-hydrogen) atoms. The standard InChI is InChI=1S/C7H13BO3/c9-4-5-3-6(10)7(11-5)8-1-2-8/h5-7,9-10H,1-4H2. The van der Waals surface area contributed by atoms with Crippen LogP contribution in [0.5, 0.6) is 0 Å². The number of hydrogen-bond acceptors (Lipinski definition) is 3. The van der Waals surface area contributed by atoms with Crippen LogP contribution in [0.15, 0.2) is 0 Å². The van der Waals surface area contributed by atoms with Crippen molar-refractivity contribution >= 4 is 6.71 Å². The monoisotopic (exact) mass is 156 g/mol. The van der Waals surface area contributed by atoms with Crippen LogP contribution in [0.1, 0.15) is 6.42 Å². The number of aliphatic hydroxyl groups excluding tert-OH is 2. The average molecular weight is 156 g/mol. The molecule has 2 saturated heterocycles. The highest BCUT2D eigenvalue weighted by atomic mass is 16.5. The lowest BCUT2D eigenvalue weighted by atomic mass is 9.62. The van der Waals surface area contributed by atoms with Gasteiger partial charge in [-0.3, -0.25) is 0 Å². The third-order valence-electron chi connectivity index (χ3n) is 2.52. The summed E-state index contributed by atoms with van der Waals surface area (Å²) < 4.78 is 5.45. The molecule has 0 radical (unpaired) electrons. The third-order valence-corrected chi connectivity index (χ3v) is 2.52. The SMILES string of the molecule is OCC1CC(O)C(B2CC2)O1. The molecule has 0 amide bonds. The maximum absolute atomic E-state index is 9.46. The van der Waals surface area contributed by atoms with E-state index in [1.807, 2.05) is 0 Å². The van der Waals surface area contributed by atoms with Gasteiger partial charge in [-0.1, -0.05) is 12.6 Å². The molecular formula is C7H13BO3. The summed E-state index contributed by atoms with van der Waals surface area (Å²) in [6.07, 6.45) is 2.52. The van der Waals surface area contributed by atoms with E-state index in [9.17, 15) is 5.11 Å². The molecule has 2 rings (SSSR count). The largest absolute Gasteiger partial charge is 0.394 e. The Kier molecular flexibility index (Phi) is 1.91. The topological polar surface area (TPSA) is 49.7 Å². The number of ether oxygens (including phenoxy) is 1. The van der Waals surface area contributed by atoms with Crippen molar-refractivity contribution in [1.29, 1.82) is 0 Å². The zero-order valence-electron chi connectivity index (χ0n) is 6.44. The molecule has 0 aromatic rings. The molecule has 0 spiro atoms. The van der Waals surface area contributed by atoms with Gasteiger partial charge >= 0.3 is 0 Å². The van der Waals surface area contributed by atoms with E-state index < -0.39 is 0 Å². The Morgan fingerprint density at radius 2 is 2.18 bits per heavy atom. The molecule has 3 unspecified atom stereocenters.